The second kappa shape index (κ2) is 2.73. The molecule has 0 unspecified atom stereocenters. The van der Waals surface area contributed by atoms with Crippen molar-refractivity contribution in [1.29, 1.82) is 0 Å². The Morgan fingerprint density at radius 3 is 3.27 bits per heavy atom. The van der Waals surface area contributed by atoms with Gasteiger partial charge in [0.15, 0.2) is 5.82 Å². The Kier molecular flexibility index (Phi) is 1.50. The van der Waals surface area contributed by atoms with Gasteiger partial charge < -0.3 is 4.74 Å². The quantitative estimate of drug-likeness (QED) is 0.687. The molecule has 5 heteroatoms. The van der Waals surface area contributed by atoms with Crippen LogP contribution in [0.2, 0.25) is 0 Å². The Hall–Kier alpha value is -2.04. The van der Waals surface area contributed by atoms with E-state index >= 15 is 0 Å². The minimum absolute atomic E-state index is 0.222. The van der Waals surface area contributed by atoms with Crippen LogP contribution in [0.4, 0.5) is 0 Å². The molecule has 0 aliphatic carbocycles. The van der Waals surface area contributed by atoms with Gasteiger partial charge >= 0.3 is 5.69 Å². The Labute approximate surface area is 85.3 Å². The summed E-state index contributed by atoms with van der Waals surface area (Å²) in [6.07, 6.45) is 0. The van der Waals surface area contributed by atoms with Crippen molar-refractivity contribution < 1.29 is 4.74 Å². The summed E-state index contributed by atoms with van der Waals surface area (Å²) in [5, 5.41) is 6.30. The van der Waals surface area contributed by atoms with Crippen LogP contribution in [-0.4, -0.2) is 14.8 Å². The van der Waals surface area contributed by atoms with Crippen molar-refractivity contribution in [1.82, 2.24) is 14.8 Å². The number of nitrogens with one attached hydrogen (secondary N) is 1. The van der Waals surface area contributed by atoms with Gasteiger partial charge in [0, 0.05) is 0 Å². The third kappa shape index (κ3) is 1.09. The summed E-state index contributed by atoms with van der Waals surface area (Å²) in [7, 11) is 0. The molecule has 1 N–H and O–H groups in total. The van der Waals surface area contributed by atoms with Gasteiger partial charge in [-0.2, -0.15) is 5.10 Å². The zero-order valence-corrected chi connectivity index (χ0v) is 8.15. The van der Waals surface area contributed by atoms with Gasteiger partial charge in [0.1, 0.15) is 12.4 Å². The first-order valence-corrected chi connectivity index (χ1v) is 4.66. The van der Waals surface area contributed by atoms with Crippen molar-refractivity contribution in [2.75, 3.05) is 0 Å². The highest BCUT2D eigenvalue weighted by molar-refractivity contribution is 5.50. The summed E-state index contributed by atoms with van der Waals surface area (Å²) in [6.45, 7) is 2.30. The highest BCUT2D eigenvalue weighted by atomic mass is 16.5. The number of aryl methyl sites for hydroxylation is 1. The molecule has 0 fully saturated rings. The molecule has 1 aliphatic heterocycles. The number of ether oxygens (including phenoxy) is 1. The lowest BCUT2D eigenvalue weighted by Crippen LogP contribution is -2.22. The first kappa shape index (κ1) is 8.28. The van der Waals surface area contributed by atoms with Gasteiger partial charge in [-0.1, -0.05) is 6.07 Å². The summed E-state index contributed by atoms with van der Waals surface area (Å²) in [5.41, 5.74) is 1.62. The van der Waals surface area contributed by atoms with E-state index in [0.717, 1.165) is 17.0 Å². The molecule has 15 heavy (non-hydrogen) atoms. The van der Waals surface area contributed by atoms with Crippen LogP contribution in [0.3, 0.4) is 0 Å². The molecule has 76 valence electrons. The van der Waals surface area contributed by atoms with Crippen molar-refractivity contribution in [2.24, 2.45) is 0 Å². The Morgan fingerprint density at radius 1 is 1.53 bits per heavy atom. The van der Waals surface area contributed by atoms with Crippen molar-refractivity contribution in [2.45, 2.75) is 13.5 Å². The standard InChI is InChI=1S/C10H9N3O2/c1-6-2-3-8-7(4-6)13-9(5-15-8)11-12-10(13)14/h2-4H,5H2,1H3,(H,12,14). The van der Waals surface area contributed by atoms with Crippen LogP contribution in [0.5, 0.6) is 5.75 Å². The maximum atomic E-state index is 11.5. The minimum Gasteiger partial charge on any atom is -0.483 e. The summed E-state index contributed by atoms with van der Waals surface area (Å²) < 4.78 is 7.02. The summed E-state index contributed by atoms with van der Waals surface area (Å²) in [4.78, 5) is 11.5. The van der Waals surface area contributed by atoms with Crippen LogP contribution in [0.25, 0.3) is 5.69 Å². The van der Waals surface area contributed by atoms with E-state index in [9.17, 15) is 4.79 Å². The van der Waals surface area contributed by atoms with E-state index < -0.39 is 0 Å². The Morgan fingerprint density at radius 2 is 2.40 bits per heavy atom. The zero-order chi connectivity index (χ0) is 10.4. The summed E-state index contributed by atoms with van der Waals surface area (Å²) in [6, 6.07) is 5.73. The summed E-state index contributed by atoms with van der Waals surface area (Å²) >= 11 is 0. The van der Waals surface area contributed by atoms with E-state index in [4.69, 9.17) is 4.74 Å². The zero-order valence-electron chi connectivity index (χ0n) is 8.15. The van der Waals surface area contributed by atoms with Crippen molar-refractivity contribution in [3.63, 3.8) is 0 Å². The van der Waals surface area contributed by atoms with E-state index in [1.165, 1.54) is 0 Å². The minimum atomic E-state index is -0.222. The molecular weight excluding hydrogens is 194 g/mol. The number of hydrogen-bond donors (Lipinski definition) is 1. The van der Waals surface area contributed by atoms with Crippen LogP contribution in [0.1, 0.15) is 11.4 Å². The highest BCUT2D eigenvalue weighted by Gasteiger charge is 2.20. The molecule has 3 rings (SSSR count). The lowest BCUT2D eigenvalue weighted by atomic mass is 10.2. The molecule has 2 aromatic rings. The fourth-order valence-electron chi connectivity index (χ4n) is 1.74. The smallest absolute Gasteiger partial charge is 0.348 e. The van der Waals surface area contributed by atoms with Gasteiger partial charge in [0.05, 0.1) is 5.69 Å². The lowest BCUT2D eigenvalue weighted by molar-refractivity contribution is 0.278. The largest absolute Gasteiger partial charge is 0.483 e. The van der Waals surface area contributed by atoms with Gasteiger partial charge in [-0.3, -0.25) is 0 Å². The number of nitrogens with zero attached hydrogens (tertiary/aromatic N) is 2. The molecule has 5 nitrogen and oxygen atoms in total. The van der Waals surface area contributed by atoms with Gasteiger partial charge in [-0.15, -0.1) is 0 Å². The predicted octanol–water partition coefficient (Wildman–Crippen LogP) is 0.761. The van der Waals surface area contributed by atoms with Crippen LogP contribution in [0.15, 0.2) is 23.0 Å². The first-order valence-electron chi connectivity index (χ1n) is 4.66. The number of rotatable bonds is 0. The second-order valence-corrected chi connectivity index (χ2v) is 3.54. The molecule has 0 atom stereocenters. The number of aromatic nitrogens is 3. The summed E-state index contributed by atoms with van der Waals surface area (Å²) in [5.74, 6) is 1.33. The predicted molar refractivity (Wildman–Crippen MR) is 53.3 cm³/mol. The molecule has 0 saturated carbocycles. The van der Waals surface area contributed by atoms with E-state index in [2.05, 4.69) is 10.2 Å². The van der Waals surface area contributed by atoms with E-state index in [0.29, 0.717) is 12.4 Å². The van der Waals surface area contributed by atoms with Crippen LogP contribution in [0, 0.1) is 6.92 Å². The van der Waals surface area contributed by atoms with Crippen molar-refractivity contribution in [3.05, 3.63) is 40.1 Å². The van der Waals surface area contributed by atoms with E-state index in [-0.39, 0.29) is 5.69 Å². The SMILES string of the molecule is Cc1ccc2c(c1)-n1c(n[nH]c1=O)CO2. The molecule has 0 radical (unpaired) electrons. The van der Waals surface area contributed by atoms with Gasteiger partial charge in [-0.25, -0.2) is 14.5 Å². The molecule has 2 heterocycles. The molecule has 0 spiro atoms. The van der Waals surface area contributed by atoms with Gasteiger partial charge in [0.2, 0.25) is 0 Å². The van der Waals surface area contributed by atoms with Crippen molar-refractivity contribution in [3.8, 4) is 11.4 Å². The maximum absolute atomic E-state index is 11.5. The molecule has 0 amide bonds. The number of H-pyrrole nitrogens is 1. The third-order valence-corrected chi connectivity index (χ3v) is 2.45. The lowest BCUT2D eigenvalue weighted by Gasteiger charge is -2.17. The molecule has 1 aromatic heterocycles. The average molecular weight is 203 g/mol. The fourth-order valence-corrected chi connectivity index (χ4v) is 1.74. The fraction of sp³-hybridized carbons (Fsp3) is 0.200. The van der Waals surface area contributed by atoms with Crippen LogP contribution < -0.4 is 10.4 Å². The maximum Gasteiger partial charge on any atom is 0.348 e. The Balaban J connectivity index is 2.36. The van der Waals surface area contributed by atoms with Crippen LogP contribution in [-0.2, 0) is 6.61 Å². The Bertz CT molecular complexity index is 583. The number of hydrogen-bond acceptors (Lipinski definition) is 3. The molecule has 1 aliphatic rings. The van der Waals surface area contributed by atoms with Crippen LogP contribution >= 0.6 is 0 Å². The number of benzene rings is 1. The average Bonchev–Trinajstić information content (AvgIpc) is 2.60. The normalized spacial score (nSPS) is 12.9. The molecule has 0 bridgehead atoms. The molecule has 1 aromatic carbocycles. The van der Waals surface area contributed by atoms with E-state index in [1.54, 1.807) is 4.57 Å². The van der Waals surface area contributed by atoms with Gasteiger partial charge in [0.25, 0.3) is 0 Å². The second-order valence-electron chi connectivity index (χ2n) is 3.54. The topological polar surface area (TPSA) is 59.9 Å². The third-order valence-electron chi connectivity index (χ3n) is 2.45. The molecule has 0 saturated heterocycles. The van der Waals surface area contributed by atoms with Crippen molar-refractivity contribution >= 4 is 0 Å². The monoisotopic (exact) mass is 203 g/mol. The molecular formula is C10H9N3O2. The van der Waals surface area contributed by atoms with E-state index in [1.807, 2.05) is 25.1 Å². The van der Waals surface area contributed by atoms with Gasteiger partial charge in [-0.05, 0) is 24.6 Å². The number of fused-ring (bicyclic) bond motifs is 3. The first-order chi connectivity index (χ1) is 7.25. The highest BCUT2D eigenvalue weighted by Crippen LogP contribution is 2.27. The number of aromatic amines is 1.